The monoisotopic (exact) mass is 251 g/mol. The minimum atomic E-state index is 0.389. The molecule has 0 aliphatic carbocycles. The van der Waals surface area contributed by atoms with Gasteiger partial charge in [-0.05, 0) is 36.6 Å². The molecule has 0 aromatic heterocycles. The Morgan fingerprint density at radius 3 is 2.71 bits per heavy atom. The van der Waals surface area contributed by atoms with Crippen LogP contribution in [0.3, 0.4) is 0 Å². The molecule has 0 aliphatic heterocycles. The number of hydrogen-bond acceptors (Lipinski definition) is 3. The van der Waals surface area contributed by atoms with Crippen molar-refractivity contribution in [2.24, 2.45) is 17.6 Å². The normalized spacial score (nSPS) is 12.2. The Hall–Kier alpha value is -1.24. The van der Waals surface area contributed by atoms with Gasteiger partial charge < -0.3 is 11.1 Å². The number of hydrogen-bond donors (Lipinski definition) is 2. The molecule has 0 aliphatic rings. The first-order valence-corrected chi connectivity index (χ1v) is 6.09. The SMILES string of the molecule is CC(C)C(CN)CNc1cc(Cl)ccc1C#N. The predicted molar refractivity (Wildman–Crippen MR) is 72.0 cm³/mol. The first-order valence-electron chi connectivity index (χ1n) is 5.72. The minimum Gasteiger partial charge on any atom is -0.384 e. The second kappa shape index (κ2) is 6.48. The van der Waals surface area contributed by atoms with Crippen LogP contribution in [0, 0.1) is 23.2 Å². The third kappa shape index (κ3) is 3.92. The summed E-state index contributed by atoms with van der Waals surface area (Å²) in [4.78, 5) is 0. The van der Waals surface area contributed by atoms with Gasteiger partial charge in [-0.1, -0.05) is 25.4 Å². The predicted octanol–water partition coefficient (Wildman–Crippen LogP) is 2.85. The Morgan fingerprint density at radius 1 is 1.47 bits per heavy atom. The van der Waals surface area contributed by atoms with Gasteiger partial charge in [-0.25, -0.2) is 0 Å². The van der Waals surface area contributed by atoms with Crippen molar-refractivity contribution in [2.45, 2.75) is 13.8 Å². The van der Waals surface area contributed by atoms with E-state index in [-0.39, 0.29) is 0 Å². The van der Waals surface area contributed by atoms with Gasteiger partial charge in [0.15, 0.2) is 0 Å². The summed E-state index contributed by atoms with van der Waals surface area (Å²) in [7, 11) is 0. The van der Waals surface area contributed by atoms with Crippen LogP contribution in [0.1, 0.15) is 19.4 Å². The summed E-state index contributed by atoms with van der Waals surface area (Å²) in [5.74, 6) is 0.901. The Morgan fingerprint density at radius 2 is 2.18 bits per heavy atom. The molecule has 17 heavy (non-hydrogen) atoms. The summed E-state index contributed by atoms with van der Waals surface area (Å²) >= 11 is 5.91. The van der Waals surface area contributed by atoms with Crippen LogP contribution in [0.25, 0.3) is 0 Å². The van der Waals surface area contributed by atoms with E-state index in [2.05, 4.69) is 25.2 Å². The lowest BCUT2D eigenvalue weighted by Crippen LogP contribution is -2.27. The Kier molecular flexibility index (Phi) is 5.27. The van der Waals surface area contributed by atoms with E-state index in [0.717, 1.165) is 12.2 Å². The zero-order valence-electron chi connectivity index (χ0n) is 10.2. The lowest BCUT2D eigenvalue weighted by Gasteiger charge is -2.20. The molecular formula is C13H18ClN3. The summed E-state index contributed by atoms with van der Waals surface area (Å²) in [5.41, 5.74) is 7.09. The molecule has 1 rings (SSSR count). The number of nitrogens with zero attached hydrogens (tertiary/aromatic N) is 1. The largest absolute Gasteiger partial charge is 0.384 e. The zero-order chi connectivity index (χ0) is 12.8. The molecule has 0 spiro atoms. The molecule has 1 aromatic rings. The topological polar surface area (TPSA) is 61.8 Å². The van der Waals surface area contributed by atoms with Gasteiger partial charge in [-0.15, -0.1) is 0 Å². The third-order valence-electron chi connectivity index (χ3n) is 2.90. The van der Waals surface area contributed by atoms with Crippen LogP contribution in [0.2, 0.25) is 5.02 Å². The van der Waals surface area contributed by atoms with Crippen molar-refractivity contribution in [1.29, 1.82) is 5.26 Å². The molecule has 0 amide bonds. The van der Waals surface area contributed by atoms with Gasteiger partial charge >= 0.3 is 0 Å². The van der Waals surface area contributed by atoms with Crippen molar-refractivity contribution >= 4 is 17.3 Å². The van der Waals surface area contributed by atoms with Crippen molar-refractivity contribution in [3.05, 3.63) is 28.8 Å². The van der Waals surface area contributed by atoms with Gasteiger partial charge in [-0.3, -0.25) is 0 Å². The van der Waals surface area contributed by atoms with Crippen LogP contribution in [0.4, 0.5) is 5.69 Å². The maximum absolute atomic E-state index is 8.98. The van der Waals surface area contributed by atoms with E-state index >= 15 is 0 Å². The van der Waals surface area contributed by atoms with E-state index in [1.807, 2.05) is 0 Å². The summed E-state index contributed by atoms with van der Waals surface area (Å²) in [6, 6.07) is 7.35. The molecule has 0 heterocycles. The van der Waals surface area contributed by atoms with Crippen molar-refractivity contribution in [3.8, 4) is 6.07 Å². The summed E-state index contributed by atoms with van der Waals surface area (Å²) in [5, 5.41) is 12.9. The second-order valence-corrected chi connectivity index (χ2v) is 4.86. The second-order valence-electron chi connectivity index (χ2n) is 4.42. The van der Waals surface area contributed by atoms with E-state index in [0.29, 0.717) is 29.0 Å². The number of benzene rings is 1. The van der Waals surface area contributed by atoms with E-state index in [1.54, 1.807) is 18.2 Å². The molecule has 3 nitrogen and oxygen atoms in total. The molecule has 0 saturated carbocycles. The summed E-state index contributed by atoms with van der Waals surface area (Å²) < 4.78 is 0. The molecule has 3 N–H and O–H groups in total. The zero-order valence-corrected chi connectivity index (χ0v) is 11.0. The van der Waals surface area contributed by atoms with Gasteiger partial charge in [0.1, 0.15) is 6.07 Å². The number of nitrogens with two attached hydrogens (primary N) is 1. The first-order chi connectivity index (χ1) is 8.08. The van der Waals surface area contributed by atoms with E-state index in [9.17, 15) is 0 Å². The summed E-state index contributed by atoms with van der Waals surface area (Å²) in [6.07, 6.45) is 0. The van der Waals surface area contributed by atoms with Gasteiger partial charge in [0.2, 0.25) is 0 Å². The lowest BCUT2D eigenvalue weighted by molar-refractivity contribution is 0.413. The minimum absolute atomic E-state index is 0.389. The van der Waals surface area contributed by atoms with Crippen LogP contribution >= 0.6 is 11.6 Å². The van der Waals surface area contributed by atoms with Gasteiger partial charge in [0.05, 0.1) is 11.3 Å². The highest BCUT2D eigenvalue weighted by molar-refractivity contribution is 6.30. The van der Waals surface area contributed by atoms with Crippen LogP contribution in [-0.4, -0.2) is 13.1 Å². The fourth-order valence-electron chi connectivity index (χ4n) is 1.59. The molecule has 0 saturated heterocycles. The van der Waals surface area contributed by atoms with Crippen LogP contribution < -0.4 is 11.1 Å². The van der Waals surface area contributed by atoms with Crippen molar-refractivity contribution < 1.29 is 0 Å². The summed E-state index contributed by atoms with van der Waals surface area (Å²) in [6.45, 7) is 5.67. The van der Waals surface area contributed by atoms with Crippen molar-refractivity contribution in [3.63, 3.8) is 0 Å². The van der Waals surface area contributed by atoms with E-state index in [1.165, 1.54) is 0 Å². The van der Waals surface area contributed by atoms with E-state index < -0.39 is 0 Å². The Labute approximate surface area is 108 Å². The highest BCUT2D eigenvalue weighted by Crippen LogP contribution is 2.21. The lowest BCUT2D eigenvalue weighted by atomic mass is 9.96. The smallest absolute Gasteiger partial charge is 0.101 e. The molecule has 1 aromatic carbocycles. The molecule has 1 unspecified atom stereocenters. The van der Waals surface area contributed by atoms with Crippen LogP contribution in [0.5, 0.6) is 0 Å². The number of rotatable bonds is 5. The molecule has 0 radical (unpaired) electrons. The maximum atomic E-state index is 8.98. The quantitative estimate of drug-likeness (QED) is 0.846. The fourth-order valence-corrected chi connectivity index (χ4v) is 1.76. The molecule has 0 fully saturated rings. The van der Waals surface area contributed by atoms with Gasteiger partial charge in [0, 0.05) is 11.6 Å². The standard InChI is InChI=1S/C13H18ClN3/c1-9(2)11(7-16)8-17-13-5-12(14)4-3-10(13)6-15/h3-5,9,11,17H,7-8,16H2,1-2H3. The highest BCUT2D eigenvalue weighted by Gasteiger charge is 2.12. The highest BCUT2D eigenvalue weighted by atomic mass is 35.5. The average Bonchev–Trinajstić information content (AvgIpc) is 2.29. The molecular weight excluding hydrogens is 234 g/mol. The molecule has 1 atom stereocenters. The molecule has 92 valence electrons. The fraction of sp³-hybridized carbons (Fsp3) is 0.462. The van der Waals surface area contributed by atoms with Gasteiger partial charge in [0.25, 0.3) is 0 Å². The number of anilines is 1. The maximum Gasteiger partial charge on any atom is 0.101 e. The number of nitrogens with one attached hydrogen (secondary N) is 1. The molecule has 0 bridgehead atoms. The Bertz CT molecular complexity index is 410. The molecule has 4 heteroatoms. The number of halogens is 1. The first kappa shape index (κ1) is 13.8. The number of nitriles is 1. The average molecular weight is 252 g/mol. The van der Waals surface area contributed by atoms with Crippen LogP contribution in [-0.2, 0) is 0 Å². The van der Waals surface area contributed by atoms with Crippen molar-refractivity contribution in [1.82, 2.24) is 0 Å². The van der Waals surface area contributed by atoms with Gasteiger partial charge in [-0.2, -0.15) is 5.26 Å². The Balaban J connectivity index is 2.75. The van der Waals surface area contributed by atoms with Crippen LogP contribution in [0.15, 0.2) is 18.2 Å². The third-order valence-corrected chi connectivity index (χ3v) is 3.14. The van der Waals surface area contributed by atoms with E-state index in [4.69, 9.17) is 22.6 Å². The van der Waals surface area contributed by atoms with Crippen molar-refractivity contribution in [2.75, 3.05) is 18.4 Å².